The third-order valence-electron chi connectivity index (χ3n) is 3.01. The minimum absolute atomic E-state index is 0.584. The Bertz CT molecular complexity index is 569. The molecular weight excluding hydrogens is 250 g/mol. The summed E-state index contributed by atoms with van der Waals surface area (Å²) in [5, 5.41) is 3.04. The third kappa shape index (κ3) is 3.70. The molecule has 0 aliphatic heterocycles. The maximum absolute atomic E-state index is 5.86. The first-order chi connectivity index (χ1) is 9.75. The maximum Gasteiger partial charge on any atom is 0.224 e. The van der Waals surface area contributed by atoms with Crippen molar-refractivity contribution in [3.05, 3.63) is 41.7 Å². The molecule has 0 aliphatic rings. The molecule has 1 aromatic carbocycles. The standard InChI is InChI=1S/C16H21N3O/c1-4-7-14-18-15(17-3)11-16(19-14)20-13-9-6-8-12(5-2)10-13/h6,8-11H,4-5,7H2,1-3H3,(H,17,18,19). The van der Waals surface area contributed by atoms with Gasteiger partial charge in [-0.15, -0.1) is 0 Å². The molecule has 20 heavy (non-hydrogen) atoms. The molecule has 0 fully saturated rings. The Balaban J connectivity index is 2.24. The highest BCUT2D eigenvalue weighted by Gasteiger charge is 2.06. The number of aromatic nitrogens is 2. The number of anilines is 1. The van der Waals surface area contributed by atoms with E-state index in [9.17, 15) is 0 Å². The van der Waals surface area contributed by atoms with E-state index in [0.29, 0.717) is 5.88 Å². The van der Waals surface area contributed by atoms with Gasteiger partial charge in [-0.05, 0) is 30.5 Å². The van der Waals surface area contributed by atoms with Gasteiger partial charge in [0.25, 0.3) is 0 Å². The number of hydrogen-bond acceptors (Lipinski definition) is 4. The number of aryl methyl sites for hydroxylation is 2. The minimum atomic E-state index is 0.584. The van der Waals surface area contributed by atoms with Crippen LogP contribution >= 0.6 is 0 Å². The van der Waals surface area contributed by atoms with Gasteiger partial charge in [-0.1, -0.05) is 26.0 Å². The van der Waals surface area contributed by atoms with Crippen molar-refractivity contribution in [1.29, 1.82) is 0 Å². The summed E-state index contributed by atoms with van der Waals surface area (Å²) in [6, 6.07) is 9.90. The van der Waals surface area contributed by atoms with Crippen molar-refractivity contribution >= 4 is 5.82 Å². The van der Waals surface area contributed by atoms with E-state index in [4.69, 9.17) is 4.74 Å². The second-order valence-electron chi connectivity index (χ2n) is 4.61. The fraction of sp³-hybridized carbons (Fsp3) is 0.375. The average Bonchev–Trinajstić information content (AvgIpc) is 2.47. The lowest BCUT2D eigenvalue weighted by molar-refractivity contribution is 0.458. The van der Waals surface area contributed by atoms with Crippen molar-refractivity contribution < 1.29 is 4.74 Å². The van der Waals surface area contributed by atoms with Crippen LogP contribution in [0, 0.1) is 0 Å². The van der Waals surface area contributed by atoms with Crippen molar-refractivity contribution in [2.45, 2.75) is 33.1 Å². The Kier molecular flexibility index (Phi) is 4.93. The van der Waals surface area contributed by atoms with Crippen molar-refractivity contribution in [3.63, 3.8) is 0 Å². The fourth-order valence-electron chi connectivity index (χ4n) is 1.94. The highest BCUT2D eigenvalue weighted by Crippen LogP contribution is 2.23. The van der Waals surface area contributed by atoms with Crippen LogP contribution in [0.25, 0.3) is 0 Å². The number of rotatable bonds is 6. The van der Waals surface area contributed by atoms with Crippen LogP contribution in [0.2, 0.25) is 0 Å². The fourth-order valence-corrected chi connectivity index (χ4v) is 1.94. The molecule has 0 amide bonds. The first-order valence-electron chi connectivity index (χ1n) is 7.07. The van der Waals surface area contributed by atoms with Crippen LogP contribution in [-0.2, 0) is 12.8 Å². The quantitative estimate of drug-likeness (QED) is 0.867. The molecule has 106 valence electrons. The van der Waals surface area contributed by atoms with Crippen molar-refractivity contribution in [2.24, 2.45) is 0 Å². The molecule has 4 heteroatoms. The zero-order chi connectivity index (χ0) is 14.4. The van der Waals surface area contributed by atoms with Crippen LogP contribution in [0.15, 0.2) is 30.3 Å². The summed E-state index contributed by atoms with van der Waals surface area (Å²) in [5.41, 5.74) is 1.25. The summed E-state index contributed by atoms with van der Waals surface area (Å²) < 4.78 is 5.86. The van der Waals surface area contributed by atoms with E-state index in [1.807, 2.05) is 31.3 Å². The lowest BCUT2D eigenvalue weighted by Gasteiger charge is -2.09. The van der Waals surface area contributed by atoms with E-state index in [1.165, 1.54) is 5.56 Å². The zero-order valence-corrected chi connectivity index (χ0v) is 12.3. The van der Waals surface area contributed by atoms with E-state index in [1.54, 1.807) is 0 Å². The van der Waals surface area contributed by atoms with Gasteiger partial charge >= 0.3 is 0 Å². The molecule has 0 radical (unpaired) electrons. The Hall–Kier alpha value is -2.10. The van der Waals surface area contributed by atoms with Crippen LogP contribution in [0.1, 0.15) is 31.7 Å². The summed E-state index contributed by atoms with van der Waals surface area (Å²) in [6.07, 6.45) is 2.85. The average molecular weight is 271 g/mol. The van der Waals surface area contributed by atoms with Crippen LogP contribution in [0.3, 0.4) is 0 Å². The minimum Gasteiger partial charge on any atom is -0.439 e. The van der Waals surface area contributed by atoms with E-state index in [-0.39, 0.29) is 0 Å². The molecular formula is C16H21N3O. The Morgan fingerprint density at radius 2 is 2.00 bits per heavy atom. The van der Waals surface area contributed by atoms with Crippen LogP contribution < -0.4 is 10.1 Å². The summed E-state index contributed by atoms with van der Waals surface area (Å²) in [7, 11) is 1.85. The number of benzene rings is 1. The van der Waals surface area contributed by atoms with Crippen LogP contribution in [0.5, 0.6) is 11.6 Å². The van der Waals surface area contributed by atoms with Crippen molar-refractivity contribution in [2.75, 3.05) is 12.4 Å². The molecule has 0 spiro atoms. The molecule has 1 aromatic heterocycles. The molecule has 0 atom stereocenters. The Morgan fingerprint density at radius 1 is 1.15 bits per heavy atom. The monoisotopic (exact) mass is 271 g/mol. The highest BCUT2D eigenvalue weighted by molar-refractivity contribution is 5.40. The largest absolute Gasteiger partial charge is 0.439 e. The van der Waals surface area contributed by atoms with E-state index in [0.717, 1.165) is 36.7 Å². The van der Waals surface area contributed by atoms with Crippen LogP contribution in [0.4, 0.5) is 5.82 Å². The highest BCUT2D eigenvalue weighted by atomic mass is 16.5. The van der Waals surface area contributed by atoms with Crippen molar-refractivity contribution in [1.82, 2.24) is 9.97 Å². The second kappa shape index (κ2) is 6.89. The van der Waals surface area contributed by atoms with E-state index >= 15 is 0 Å². The molecule has 2 aromatic rings. The summed E-state index contributed by atoms with van der Waals surface area (Å²) in [6.45, 7) is 4.24. The Morgan fingerprint density at radius 3 is 2.70 bits per heavy atom. The van der Waals surface area contributed by atoms with Gasteiger partial charge in [-0.25, -0.2) is 4.98 Å². The molecule has 1 heterocycles. The van der Waals surface area contributed by atoms with Gasteiger partial charge in [0, 0.05) is 19.5 Å². The summed E-state index contributed by atoms with van der Waals surface area (Å²) >= 11 is 0. The van der Waals surface area contributed by atoms with Crippen LogP contribution in [-0.4, -0.2) is 17.0 Å². The van der Waals surface area contributed by atoms with Crippen molar-refractivity contribution in [3.8, 4) is 11.6 Å². The lowest BCUT2D eigenvalue weighted by atomic mass is 10.2. The van der Waals surface area contributed by atoms with E-state index < -0.39 is 0 Å². The van der Waals surface area contributed by atoms with Gasteiger partial charge in [-0.2, -0.15) is 4.98 Å². The van der Waals surface area contributed by atoms with Gasteiger partial charge in [0.15, 0.2) is 0 Å². The number of nitrogens with zero attached hydrogens (tertiary/aromatic N) is 2. The first-order valence-corrected chi connectivity index (χ1v) is 7.07. The van der Waals surface area contributed by atoms with Gasteiger partial charge in [0.1, 0.15) is 17.4 Å². The van der Waals surface area contributed by atoms with Gasteiger partial charge in [-0.3, -0.25) is 0 Å². The zero-order valence-electron chi connectivity index (χ0n) is 12.3. The predicted octanol–water partition coefficient (Wildman–Crippen LogP) is 3.83. The predicted molar refractivity (Wildman–Crippen MR) is 81.5 cm³/mol. The second-order valence-corrected chi connectivity index (χ2v) is 4.61. The first kappa shape index (κ1) is 14.3. The number of ether oxygens (including phenoxy) is 1. The third-order valence-corrected chi connectivity index (χ3v) is 3.01. The normalized spacial score (nSPS) is 10.3. The molecule has 0 saturated heterocycles. The molecule has 0 bridgehead atoms. The number of hydrogen-bond donors (Lipinski definition) is 1. The van der Waals surface area contributed by atoms with Gasteiger partial charge < -0.3 is 10.1 Å². The number of nitrogens with one attached hydrogen (secondary N) is 1. The summed E-state index contributed by atoms with van der Waals surface area (Å²) in [4.78, 5) is 8.86. The van der Waals surface area contributed by atoms with Gasteiger partial charge in [0.2, 0.25) is 5.88 Å². The molecule has 1 N–H and O–H groups in total. The molecule has 0 aliphatic carbocycles. The topological polar surface area (TPSA) is 47.0 Å². The smallest absolute Gasteiger partial charge is 0.224 e. The SMILES string of the molecule is CCCc1nc(NC)cc(Oc2cccc(CC)c2)n1. The molecule has 0 unspecified atom stereocenters. The van der Waals surface area contributed by atoms with E-state index in [2.05, 4.69) is 35.2 Å². The summed E-state index contributed by atoms with van der Waals surface area (Å²) in [5.74, 6) is 2.99. The maximum atomic E-state index is 5.86. The lowest BCUT2D eigenvalue weighted by Crippen LogP contribution is -2.02. The Labute approximate surface area is 120 Å². The van der Waals surface area contributed by atoms with Gasteiger partial charge in [0.05, 0.1) is 0 Å². The molecule has 0 saturated carbocycles. The molecule has 2 rings (SSSR count). The molecule has 4 nitrogen and oxygen atoms in total.